The maximum absolute atomic E-state index is 12.9. The number of ether oxygens (including phenoxy) is 1. The lowest BCUT2D eigenvalue weighted by Gasteiger charge is -2.34. The average Bonchev–Trinajstić information content (AvgIpc) is 2.91. The van der Waals surface area contributed by atoms with Gasteiger partial charge >= 0.3 is 0 Å². The molecule has 2 aliphatic rings. The maximum atomic E-state index is 12.9. The molecular formula is C29H33Cl2N3O2. The summed E-state index contributed by atoms with van der Waals surface area (Å²) in [5, 5.41) is 5.23. The predicted molar refractivity (Wildman–Crippen MR) is 146 cm³/mol. The molecule has 1 N–H and O–H groups in total. The number of hydrogen-bond donors (Lipinski definition) is 1. The van der Waals surface area contributed by atoms with Crippen LogP contribution in [0.4, 0.5) is 0 Å². The number of hydrogen-bond acceptors (Lipinski definition) is 4. The summed E-state index contributed by atoms with van der Waals surface area (Å²) in [5.74, 6) is 1.43. The first-order chi connectivity index (χ1) is 17.6. The molecule has 5 rings (SSSR count). The Morgan fingerprint density at radius 3 is 2.56 bits per heavy atom. The van der Waals surface area contributed by atoms with Crippen LogP contribution >= 0.6 is 23.2 Å². The van der Waals surface area contributed by atoms with Gasteiger partial charge in [-0.05, 0) is 81.7 Å². The molecule has 5 nitrogen and oxygen atoms in total. The van der Waals surface area contributed by atoms with E-state index in [2.05, 4.69) is 15.2 Å². The second-order valence-corrected chi connectivity index (χ2v) is 10.9. The first-order valence-corrected chi connectivity index (χ1v) is 13.8. The highest BCUT2D eigenvalue weighted by Gasteiger charge is 2.26. The van der Waals surface area contributed by atoms with Crippen molar-refractivity contribution in [3.63, 3.8) is 0 Å². The van der Waals surface area contributed by atoms with E-state index in [0.717, 1.165) is 62.1 Å². The Kier molecular flexibility index (Phi) is 8.30. The van der Waals surface area contributed by atoms with E-state index < -0.39 is 0 Å². The van der Waals surface area contributed by atoms with Gasteiger partial charge in [0.2, 0.25) is 0 Å². The molecule has 2 aromatic carbocycles. The highest BCUT2D eigenvalue weighted by atomic mass is 35.5. The van der Waals surface area contributed by atoms with E-state index in [-0.39, 0.29) is 18.1 Å². The number of aromatic nitrogens is 1. The van der Waals surface area contributed by atoms with Gasteiger partial charge in [-0.3, -0.25) is 9.78 Å². The minimum absolute atomic E-state index is 0.0150. The smallest absolute Gasteiger partial charge is 0.252 e. The van der Waals surface area contributed by atoms with E-state index in [1.54, 1.807) is 12.3 Å². The molecule has 36 heavy (non-hydrogen) atoms. The number of nitrogens with zero attached hydrogens (tertiary/aromatic N) is 2. The van der Waals surface area contributed by atoms with Crippen LogP contribution in [0.25, 0.3) is 10.9 Å². The van der Waals surface area contributed by atoms with Gasteiger partial charge in [0.15, 0.2) is 0 Å². The number of benzene rings is 2. The van der Waals surface area contributed by atoms with E-state index in [9.17, 15) is 4.79 Å². The SMILES string of the molecule is O=C(N[C@H]1CC[C@H](CCN2CCC(Oc3cccc(Cl)c3Cl)CC2)CC1)c1ccnc2ccccc12. The molecular weight excluding hydrogens is 493 g/mol. The number of para-hydroxylation sites is 1. The first-order valence-electron chi connectivity index (χ1n) is 13.0. The molecule has 0 unspecified atom stereocenters. The molecule has 0 bridgehead atoms. The maximum Gasteiger partial charge on any atom is 0.252 e. The summed E-state index contributed by atoms with van der Waals surface area (Å²) in [6, 6.07) is 15.4. The van der Waals surface area contributed by atoms with Crippen LogP contribution in [0.2, 0.25) is 10.0 Å². The minimum atomic E-state index is 0.0150. The van der Waals surface area contributed by atoms with Gasteiger partial charge in [0, 0.05) is 30.7 Å². The zero-order valence-corrected chi connectivity index (χ0v) is 22.0. The molecule has 1 saturated heterocycles. The standard InChI is InChI=1S/C29H33Cl2N3O2/c30-25-5-3-7-27(28(25)31)36-22-14-18-34(19-15-22)17-13-20-8-10-21(11-9-20)33-29(35)24-12-16-32-26-6-2-1-4-23(24)26/h1-7,12,16,20-22H,8-11,13-15,17-19H2,(H,33,35)/t20-,21-. The Hall–Kier alpha value is -2.34. The monoisotopic (exact) mass is 525 g/mol. The third-order valence-electron chi connectivity index (χ3n) is 7.67. The number of carbonyl (C=O) groups excluding carboxylic acids is 1. The van der Waals surface area contributed by atoms with E-state index in [0.29, 0.717) is 21.4 Å². The van der Waals surface area contributed by atoms with Gasteiger partial charge in [0.1, 0.15) is 16.9 Å². The number of halogens is 2. The number of likely N-dealkylation sites (tertiary alicyclic amines) is 1. The van der Waals surface area contributed by atoms with E-state index in [1.165, 1.54) is 19.3 Å². The number of amides is 1. The Balaban J connectivity index is 1.02. The Morgan fingerprint density at radius 2 is 1.75 bits per heavy atom. The summed E-state index contributed by atoms with van der Waals surface area (Å²) in [4.78, 5) is 19.9. The van der Waals surface area contributed by atoms with Gasteiger partial charge in [-0.25, -0.2) is 0 Å². The van der Waals surface area contributed by atoms with Gasteiger partial charge in [0.25, 0.3) is 5.91 Å². The third-order valence-corrected chi connectivity index (χ3v) is 8.48. The van der Waals surface area contributed by atoms with Crippen LogP contribution in [-0.2, 0) is 0 Å². The van der Waals surface area contributed by atoms with Crippen molar-refractivity contribution in [2.45, 2.75) is 57.1 Å². The van der Waals surface area contributed by atoms with Crippen LogP contribution in [-0.4, -0.2) is 47.6 Å². The van der Waals surface area contributed by atoms with E-state index in [4.69, 9.17) is 27.9 Å². The van der Waals surface area contributed by atoms with Crippen molar-refractivity contribution in [2.24, 2.45) is 5.92 Å². The van der Waals surface area contributed by atoms with Crippen molar-refractivity contribution in [3.8, 4) is 5.75 Å². The second-order valence-electron chi connectivity index (χ2n) is 10.1. The van der Waals surface area contributed by atoms with Gasteiger partial charge in [-0.2, -0.15) is 0 Å². The van der Waals surface area contributed by atoms with Crippen LogP contribution in [0.1, 0.15) is 55.3 Å². The highest BCUT2D eigenvalue weighted by Crippen LogP contribution is 2.33. The Bertz CT molecular complexity index is 1180. The van der Waals surface area contributed by atoms with Crippen molar-refractivity contribution in [3.05, 3.63) is 70.3 Å². The molecule has 0 radical (unpaired) electrons. The van der Waals surface area contributed by atoms with Crippen molar-refractivity contribution < 1.29 is 9.53 Å². The molecule has 3 aromatic rings. The van der Waals surface area contributed by atoms with Crippen molar-refractivity contribution in [1.82, 2.24) is 15.2 Å². The van der Waals surface area contributed by atoms with Crippen molar-refractivity contribution >= 4 is 40.0 Å². The molecule has 1 aromatic heterocycles. The van der Waals surface area contributed by atoms with Gasteiger partial charge in [-0.15, -0.1) is 0 Å². The number of carbonyl (C=O) groups is 1. The lowest BCUT2D eigenvalue weighted by Crippen LogP contribution is -2.40. The molecule has 1 aliphatic carbocycles. The molecule has 2 heterocycles. The quantitative estimate of drug-likeness (QED) is 0.370. The van der Waals surface area contributed by atoms with Crippen LogP contribution < -0.4 is 10.1 Å². The largest absolute Gasteiger partial charge is 0.489 e. The fourth-order valence-electron chi connectivity index (χ4n) is 5.52. The predicted octanol–water partition coefficient (Wildman–Crippen LogP) is 6.76. The van der Waals surface area contributed by atoms with E-state index >= 15 is 0 Å². The average molecular weight is 527 g/mol. The van der Waals surface area contributed by atoms with Crippen LogP contribution in [0.5, 0.6) is 5.75 Å². The summed E-state index contributed by atoms with van der Waals surface area (Å²) in [6.07, 6.45) is 9.59. The first kappa shape index (κ1) is 25.3. The summed E-state index contributed by atoms with van der Waals surface area (Å²) >= 11 is 12.4. The lowest BCUT2D eigenvalue weighted by atomic mass is 9.83. The molecule has 1 amide bonds. The highest BCUT2D eigenvalue weighted by molar-refractivity contribution is 6.42. The number of rotatable bonds is 7. The molecule has 190 valence electrons. The summed E-state index contributed by atoms with van der Waals surface area (Å²) < 4.78 is 6.13. The van der Waals surface area contributed by atoms with Gasteiger partial charge in [0.05, 0.1) is 16.1 Å². The number of piperidine rings is 1. The number of nitrogens with one attached hydrogen (secondary N) is 1. The molecule has 7 heteroatoms. The molecule has 1 aliphatic heterocycles. The fraction of sp³-hybridized carbons (Fsp3) is 0.448. The lowest BCUT2D eigenvalue weighted by molar-refractivity contribution is 0.0899. The molecule has 1 saturated carbocycles. The Labute approximate surface area is 223 Å². The topological polar surface area (TPSA) is 54.5 Å². The Morgan fingerprint density at radius 1 is 0.972 bits per heavy atom. The van der Waals surface area contributed by atoms with Gasteiger partial charge in [-0.1, -0.05) is 47.5 Å². The zero-order chi connectivity index (χ0) is 24.9. The molecule has 2 fully saturated rings. The van der Waals surface area contributed by atoms with Crippen molar-refractivity contribution in [2.75, 3.05) is 19.6 Å². The summed E-state index contributed by atoms with van der Waals surface area (Å²) in [5.41, 5.74) is 1.57. The van der Waals surface area contributed by atoms with Crippen molar-refractivity contribution in [1.29, 1.82) is 0 Å². The van der Waals surface area contributed by atoms with Crippen LogP contribution in [0.3, 0.4) is 0 Å². The minimum Gasteiger partial charge on any atom is -0.489 e. The van der Waals surface area contributed by atoms with Crippen LogP contribution in [0.15, 0.2) is 54.7 Å². The fourth-order valence-corrected chi connectivity index (χ4v) is 5.86. The summed E-state index contributed by atoms with van der Waals surface area (Å²) in [6.45, 7) is 3.23. The summed E-state index contributed by atoms with van der Waals surface area (Å²) in [7, 11) is 0. The number of pyridine rings is 1. The normalized spacial score (nSPS) is 21.4. The molecule has 0 atom stereocenters. The van der Waals surface area contributed by atoms with E-state index in [1.807, 2.05) is 42.5 Å². The van der Waals surface area contributed by atoms with Crippen LogP contribution in [0, 0.1) is 5.92 Å². The molecule has 0 spiro atoms. The van der Waals surface area contributed by atoms with Gasteiger partial charge < -0.3 is 15.0 Å². The number of fused-ring (bicyclic) bond motifs is 1. The second kappa shape index (κ2) is 11.8. The zero-order valence-electron chi connectivity index (χ0n) is 20.5. The third kappa shape index (κ3) is 6.13.